The summed E-state index contributed by atoms with van der Waals surface area (Å²) in [5.74, 6) is -0.675. The minimum atomic E-state index is -0.867. The molecular formula is C10H12N2O3. The molecule has 0 heterocycles. The minimum absolute atomic E-state index is 0.416. The van der Waals surface area contributed by atoms with Crippen LogP contribution in [0.25, 0.3) is 0 Å². The lowest BCUT2D eigenvalue weighted by molar-refractivity contribution is -0.133. The maximum atomic E-state index is 11.2. The Morgan fingerprint density at radius 3 is 2.47 bits per heavy atom. The van der Waals surface area contributed by atoms with Crippen molar-refractivity contribution in [3.63, 3.8) is 0 Å². The van der Waals surface area contributed by atoms with E-state index in [-0.39, 0.29) is 0 Å². The zero-order chi connectivity index (χ0) is 11.3. The van der Waals surface area contributed by atoms with E-state index in [0.717, 1.165) is 5.56 Å². The summed E-state index contributed by atoms with van der Waals surface area (Å²) in [5, 5.41) is 10.8. The number of nitrogens with one attached hydrogen (secondary N) is 2. The van der Waals surface area contributed by atoms with Gasteiger partial charge in [0.05, 0.1) is 0 Å². The van der Waals surface area contributed by atoms with Crippen LogP contribution in [0, 0.1) is 6.92 Å². The Labute approximate surface area is 87.1 Å². The van der Waals surface area contributed by atoms with Gasteiger partial charge in [-0.15, -0.1) is 0 Å². The van der Waals surface area contributed by atoms with Crippen molar-refractivity contribution in [3.8, 4) is 0 Å². The number of carbonyl (C=O) groups is 2. The third kappa shape index (κ3) is 2.78. The van der Waals surface area contributed by atoms with Crippen LogP contribution in [0.15, 0.2) is 24.3 Å². The van der Waals surface area contributed by atoms with Crippen LogP contribution in [0.2, 0.25) is 0 Å². The molecule has 0 aliphatic rings. The normalized spacial score (nSPS) is 11.6. The van der Waals surface area contributed by atoms with E-state index >= 15 is 0 Å². The minimum Gasteiger partial charge on any atom is -0.343 e. The van der Waals surface area contributed by atoms with E-state index in [0.29, 0.717) is 12.0 Å². The summed E-state index contributed by atoms with van der Waals surface area (Å²) < 4.78 is 0. The number of rotatable bonds is 4. The second-order valence-corrected chi connectivity index (χ2v) is 3.10. The predicted octanol–water partition coefficient (Wildman–Crippen LogP) is 0.288. The molecule has 1 unspecified atom stereocenters. The molecule has 0 aliphatic carbocycles. The molecule has 1 atom stereocenters. The summed E-state index contributed by atoms with van der Waals surface area (Å²) in [5.41, 5.74) is 3.16. The molecule has 1 aromatic rings. The molecule has 0 radical (unpaired) electrons. The summed E-state index contributed by atoms with van der Waals surface area (Å²) in [6.45, 7) is 1.91. The van der Waals surface area contributed by atoms with Gasteiger partial charge < -0.3 is 5.32 Å². The average Bonchev–Trinajstić information content (AvgIpc) is 2.26. The lowest BCUT2D eigenvalue weighted by atomic mass is 10.1. The second-order valence-electron chi connectivity index (χ2n) is 3.10. The first-order chi connectivity index (χ1) is 7.19. The first-order valence-electron chi connectivity index (χ1n) is 4.39. The van der Waals surface area contributed by atoms with Crippen molar-refractivity contribution in [2.75, 3.05) is 0 Å². The van der Waals surface area contributed by atoms with E-state index in [9.17, 15) is 9.59 Å². The van der Waals surface area contributed by atoms with E-state index in [1.807, 2.05) is 19.1 Å². The largest absolute Gasteiger partial charge is 0.343 e. The molecule has 0 bridgehead atoms. The Kier molecular flexibility index (Phi) is 3.82. The maximum absolute atomic E-state index is 11.2. The van der Waals surface area contributed by atoms with Crippen LogP contribution in [0.4, 0.5) is 0 Å². The monoisotopic (exact) mass is 208 g/mol. The third-order valence-electron chi connectivity index (χ3n) is 2.02. The van der Waals surface area contributed by atoms with Crippen LogP contribution in [-0.4, -0.2) is 17.5 Å². The molecule has 1 aromatic carbocycles. The fourth-order valence-corrected chi connectivity index (χ4v) is 1.21. The lowest BCUT2D eigenvalue weighted by Gasteiger charge is -2.13. The molecule has 5 nitrogen and oxygen atoms in total. The molecule has 2 amide bonds. The van der Waals surface area contributed by atoms with Crippen LogP contribution in [0.5, 0.6) is 0 Å². The van der Waals surface area contributed by atoms with Gasteiger partial charge in [0.25, 0.3) is 5.91 Å². The topological polar surface area (TPSA) is 78.4 Å². The number of benzene rings is 1. The van der Waals surface area contributed by atoms with Gasteiger partial charge in [-0.2, -0.15) is 0 Å². The third-order valence-corrected chi connectivity index (χ3v) is 2.02. The molecule has 5 heteroatoms. The first kappa shape index (κ1) is 11.2. The van der Waals surface area contributed by atoms with Gasteiger partial charge in [-0.1, -0.05) is 29.8 Å². The fraction of sp³-hybridized carbons (Fsp3) is 0.200. The number of amides is 2. The van der Waals surface area contributed by atoms with Gasteiger partial charge >= 0.3 is 0 Å². The zero-order valence-corrected chi connectivity index (χ0v) is 8.23. The molecule has 1 rings (SSSR count). The average molecular weight is 208 g/mol. The van der Waals surface area contributed by atoms with Crippen molar-refractivity contribution in [1.29, 1.82) is 0 Å². The van der Waals surface area contributed by atoms with Crippen molar-refractivity contribution in [2.24, 2.45) is 0 Å². The molecule has 3 N–H and O–H groups in total. The van der Waals surface area contributed by atoms with Crippen LogP contribution < -0.4 is 10.8 Å². The SMILES string of the molecule is Cc1ccc(C(NC=O)C(=O)NO)cc1. The smallest absolute Gasteiger partial charge is 0.270 e. The molecule has 0 aromatic heterocycles. The van der Waals surface area contributed by atoms with Crippen molar-refractivity contribution in [3.05, 3.63) is 35.4 Å². The molecule has 80 valence electrons. The van der Waals surface area contributed by atoms with E-state index in [2.05, 4.69) is 5.32 Å². The van der Waals surface area contributed by atoms with Gasteiger partial charge in [-0.05, 0) is 12.5 Å². The van der Waals surface area contributed by atoms with Crippen LogP contribution in [-0.2, 0) is 9.59 Å². The van der Waals surface area contributed by atoms with E-state index < -0.39 is 11.9 Å². The Morgan fingerprint density at radius 2 is 2.00 bits per heavy atom. The molecule has 0 aliphatic heterocycles. The number of hydrogen-bond acceptors (Lipinski definition) is 3. The molecule has 0 saturated heterocycles. The van der Waals surface area contributed by atoms with E-state index in [1.165, 1.54) is 5.48 Å². The highest BCUT2D eigenvalue weighted by Gasteiger charge is 2.18. The van der Waals surface area contributed by atoms with Gasteiger partial charge in [0, 0.05) is 0 Å². The van der Waals surface area contributed by atoms with E-state index in [1.54, 1.807) is 12.1 Å². The highest BCUT2D eigenvalue weighted by molar-refractivity contribution is 5.83. The summed E-state index contributed by atoms with van der Waals surface area (Å²) in [6.07, 6.45) is 0.416. The van der Waals surface area contributed by atoms with Crippen LogP contribution >= 0.6 is 0 Å². The van der Waals surface area contributed by atoms with Gasteiger partial charge in [-0.3, -0.25) is 14.8 Å². The quantitative estimate of drug-likeness (QED) is 0.378. The number of aryl methyl sites for hydroxylation is 1. The zero-order valence-electron chi connectivity index (χ0n) is 8.23. The highest BCUT2D eigenvalue weighted by atomic mass is 16.5. The Bertz CT molecular complexity index is 348. The number of hydroxylamine groups is 1. The maximum Gasteiger partial charge on any atom is 0.270 e. The second kappa shape index (κ2) is 5.11. The van der Waals surface area contributed by atoms with Gasteiger partial charge in [0.15, 0.2) is 0 Å². The highest BCUT2D eigenvalue weighted by Crippen LogP contribution is 2.13. The molecule has 15 heavy (non-hydrogen) atoms. The summed E-state index contributed by atoms with van der Waals surface area (Å²) >= 11 is 0. The standard InChI is InChI=1S/C10H12N2O3/c1-7-2-4-8(5-3-7)9(11-6-13)10(14)12-15/h2-6,9,15H,1H3,(H,11,13)(H,12,14). The Morgan fingerprint density at radius 1 is 1.40 bits per heavy atom. The van der Waals surface area contributed by atoms with Crippen LogP contribution in [0.3, 0.4) is 0 Å². The summed E-state index contributed by atoms with van der Waals surface area (Å²) in [4.78, 5) is 21.5. The van der Waals surface area contributed by atoms with Crippen LogP contribution in [0.1, 0.15) is 17.2 Å². The number of hydrogen-bond donors (Lipinski definition) is 3. The lowest BCUT2D eigenvalue weighted by Crippen LogP contribution is -2.35. The van der Waals surface area contributed by atoms with Crippen molar-refractivity contribution in [1.82, 2.24) is 10.8 Å². The van der Waals surface area contributed by atoms with E-state index in [4.69, 9.17) is 5.21 Å². The molecular weight excluding hydrogens is 196 g/mol. The van der Waals surface area contributed by atoms with Crippen molar-refractivity contribution < 1.29 is 14.8 Å². The summed E-state index contributed by atoms with van der Waals surface area (Å²) in [7, 11) is 0. The summed E-state index contributed by atoms with van der Waals surface area (Å²) in [6, 6.07) is 6.20. The number of carbonyl (C=O) groups excluding carboxylic acids is 2. The Hall–Kier alpha value is -1.88. The molecule has 0 spiro atoms. The van der Waals surface area contributed by atoms with Gasteiger partial charge in [-0.25, -0.2) is 5.48 Å². The van der Waals surface area contributed by atoms with Crippen molar-refractivity contribution >= 4 is 12.3 Å². The predicted molar refractivity (Wildman–Crippen MR) is 53.0 cm³/mol. The van der Waals surface area contributed by atoms with Gasteiger partial charge in [0.2, 0.25) is 6.41 Å². The van der Waals surface area contributed by atoms with Crippen molar-refractivity contribution in [2.45, 2.75) is 13.0 Å². The molecule has 0 fully saturated rings. The molecule has 0 saturated carbocycles. The van der Waals surface area contributed by atoms with Gasteiger partial charge in [0.1, 0.15) is 6.04 Å². The first-order valence-corrected chi connectivity index (χ1v) is 4.39. The Balaban J connectivity index is 2.93. The fourth-order valence-electron chi connectivity index (χ4n) is 1.21.